The van der Waals surface area contributed by atoms with E-state index in [-0.39, 0.29) is 0 Å². The number of aromatic nitrogens is 1. The quantitative estimate of drug-likeness (QED) is 0.793. The molecule has 0 unspecified atom stereocenters. The number of aryl methyl sites for hydroxylation is 2. The van der Waals surface area contributed by atoms with Crippen LogP contribution in [0.1, 0.15) is 30.7 Å². The molecule has 0 aliphatic carbocycles. The molecule has 0 saturated carbocycles. The molecule has 0 bridgehead atoms. The second kappa shape index (κ2) is 3.56. The van der Waals surface area contributed by atoms with Crippen molar-refractivity contribution in [3.63, 3.8) is 0 Å². The van der Waals surface area contributed by atoms with Gasteiger partial charge in [0.1, 0.15) is 5.60 Å². The first kappa shape index (κ1) is 11.1. The minimum atomic E-state index is -0.886. The van der Waals surface area contributed by atoms with Crippen molar-refractivity contribution in [2.75, 3.05) is 0 Å². The van der Waals surface area contributed by atoms with Gasteiger partial charge in [-0.2, -0.15) is 0 Å². The van der Waals surface area contributed by atoms with Crippen LogP contribution in [0.15, 0.2) is 24.3 Å². The summed E-state index contributed by atoms with van der Waals surface area (Å²) in [4.78, 5) is 4.52. The maximum absolute atomic E-state index is 9.98. The van der Waals surface area contributed by atoms with Gasteiger partial charge in [-0.15, -0.1) is 0 Å². The minimum absolute atomic E-state index is 0.725. The molecule has 2 rings (SSSR count). The summed E-state index contributed by atoms with van der Waals surface area (Å²) in [5.74, 6) is 0. The Morgan fingerprint density at radius 3 is 2.44 bits per heavy atom. The van der Waals surface area contributed by atoms with Crippen molar-refractivity contribution in [3.05, 3.63) is 41.1 Å². The highest BCUT2D eigenvalue weighted by Crippen LogP contribution is 2.24. The molecule has 0 radical (unpaired) electrons. The van der Waals surface area contributed by atoms with Gasteiger partial charge >= 0.3 is 0 Å². The first-order valence-electron chi connectivity index (χ1n) is 5.49. The number of aliphatic hydroxyl groups is 1. The van der Waals surface area contributed by atoms with Gasteiger partial charge in [-0.3, -0.25) is 0 Å². The van der Waals surface area contributed by atoms with Gasteiger partial charge in [0, 0.05) is 5.39 Å². The summed E-state index contributed by atoms with van der Waals surface area (Å²) < 4.78 is 0. The SMILES string of the molecule is Cc1ccc2c(C)cc(C(C)(C)O)nc2c1. The summed E-state index contributed by atoms with van der Waals surface area (Å²) in [6, 6.07) is 8.18. The molecule has 1 heterocycles. The predicted octanol–water partition coefficient (Wildman–Crippen LogP) is 3.08. The molecular weight excluding hydrogens is 198 g/mol. The van der Waals surface area contributed by atoms with Crippen LogP contribution in [-0.4, -0.2) is 10.1 Å². The van der Waals surface area contributed by atoms with Crippen LogP contribution in [0.25, 0.3) is 10.9 Å². The van der Waals surface area contributed by atoms with Crippen LogP contribution in [0.5, 0.6) is 0 Å². The van der Waals surface area contributed by atoms with Crippen molar-refractivity contribution in [1.29, 1.82) is 0 Å². The molecular formula is C14H17NO. The lowest BCUT2D eigenvalue weighted by Crippen LogP contribution is -2.17. The Kier molecular flexibility index (Phi) is 2.47. The van der Waals surface area contributed by atoms with Gasteiger partial charge in [0.2, 0.25) is 0 Å². The van der Waals surface area contributed by atoms with Gasteiger partial charge in [0.05, 0.1) is 11.2 Å². The fraction of sp³-hybridized carbons (Fsp3) is 0.357. The van der Waals surface area contributed by atoms with Crippen LogP contribution >= 0.6 is 0 Å². The number of hydrogen-bond donors (Lipinski definition) is 1. The smallest absolute Gasteiger partial charge is 0.101 e. The number of hydrogen-bond acceptors (Lipinski definition) is 2. The predicted molar refractivity (Wildman–Crippen MR) is 66.5 cm³/mol. The van der Waals surface area contributed by atoms with E-state index >= 15 is 0 Å². The van der Waals surface area contributed by atoms with Gasteiger partial charge < -0.3 is 5.11 Å². The molecule has 0 aliphatic heterocycles. The largest absolute Gasteiger partial charge is 0.384 e. The van der Waals surface area contributed by atoms with Gasteiger partial charge in [-0.05, 0) is 51.0 Å². The molecule has 84 valence electrons. The van der Waals surface area contributed by atoms with Crippen molar-refractivity contribution >= 4 is 10.9 Å². The number of pyridine rings is 1. The summed E-state index contributed by atoms with van der Waals surface area (Å²) in [6.45, 7) is 7.62. The number of rotatable bonds is 1. The van der Waals surface area contributed by atoms with E-state index in [0.29, 0.717) is 0 Å². The van der Waals surface area contributed by atoms with E-state index in [1.54, 1.807) is 13.8 Å². The Labute approximate surface area is 96.0 Å². The van der Waals surface area contributed by atoms with E-state index in [1.807, 2.05) is 13.0 Å². The zero-order chi connectivity index (χ0) is 11.9. The van der Waals surface area contributed by atoms with E-state index in [4.69, 9.17) is 0 Å². The van der Waals surface area contributed by atoms with E-state index < -0.39 is 5.60 Å². The Morgan fingerprint density at radius 2 is 1.81 bits per heavy atom. The highest BCUT2D eigenvalue weighted by atomic mass is 16.3. The third-order valence-electron chi connectivity index (χ3n) is 2.80. The van der Waals surface area contributed by atoms with Crippen molar-refractivity contribution in [2.24, 2.45) is 0 Å². The molecule has 0 saturated heterocycles. The molecule has 1 N–H and O–H groups in total. The fourth-order valence-electron chi connectivity index (χ4n) is 1.83. The second-order valence-corrected chi connectivity index (χ2v) is 4.90. The molecule has 0 spiro atoms. The van der Waals surface area contributed by atoms with Gasteiger partial charge in [0.15, 0.2) is 0 Å². The van der Waals surface area contributed by atoms with E-state index in [9.17, 15) is 5.11 Å². The van der Waals surface area contributed by atoms with Crippen LogP contribution in [0.2, 0.25) is 0 Å². The Morgan fingerprint density at radius 1 is 1.12 bits per heavy atom. The highest BCUT2D eigenvalue weighted by molar-refractivity contribution is 5.82. The summed E-state index contributed by atoms with van der Waals surface area (Å²) in [5.41, 5.74) is 3.14. The number of fused-ring (bicyclic) bond motifs is 1. The Hall–Kier alpha value is -1.41. The third kappa shape index (κ3) is 1.93. The van der Waals surface area contributed by atoms with Crippen LogP contribution in [0.4, 0.5) is 0 Å². The summed E-state index contributed by atoms with van der Waals surface area (Å²) in [6.07, 6.45) is 0. The molecule has 2 aromatic rings. The van der Waals surface area contributed by atoms with E-state index in [1.165, 1.54) is 5.56 Å². The highest BCUT2D eigenvalue weighted by Gasteiger charge is 2.18. The molecule has 0 amide bonds. The maximum atomic E-state index is 9.98. The standard InChI is InChI=1S/C14H17NO/c1-9-5-6-11-10(2)8-13(14(3,4)16)15-12(11)7-9/h5-8,16H,1-4H3. The minimum Gasteiger partial charge on any atom is -0.384 e. The van der Waals surface area contributed by atoms with Gasteiger partial charge in [-0.1, -0.05) is 12.1 Å². The lowest BCUT2D eigenvalue weighted by molar-refractivity contribution is 0.0741. The van der Waals surface area contributed by atoms with Crippen LogP contribution in [-0.2, 0) is 5.60 Å². The third-order valence-corrected chi connectivity index (χ3v) is 2.80. The molecule has 1 aromatic carbocycles. The average molecular weight is 215 g/mol. The molecule has 2 nitrogen and oxygen atoms in total. The molecule has 0 aliphatic rings. The summed E-state index contributed by atoms with van der Waals surface area (Å²) >= 11 is 0. The average Bonchev–Trinajstić information content (AvgIpc) is 2.15. The lowest BCUT2D eigenvalue weighted by atomic mass is 10.00. The van der Waals surface area contributed by atoms with Gasteiger partial charge in [-0.25, -0.2) is 4.98 Å². The summed E-state index contributed by atoms with van der Waals surface area (Å²) in [5, 5.41) is 11.1. The second-order valence-electron chi connectivity index (χ2n) is 4.90. The molecule has 2 heteroatoms. The van der Waals surface area contributed by atoms with Crippen LogP contribution in [0, 0.1) is 13.8 Å². The van der Waals surface area contributed by atoms with Gasteiger partial charge in [0.25, 0.3) is 0 Å². The lowest BCUT2D eigenvalue weighted by Gasteiger charge is -2.18. The zero-order valence-corrected chi connectivity index (χ0v) is 10.2. The fourth-order valence-corrected chi connectivity index (χ4v) is 1.83. The van der Waals surface area contributed by atoms with E-state index in [0.717, 1.165) is 22.2 Å². The van der Waals surface area contributed by atoms with Crippen LogP contribution in [0.3, 0.4) is 0 Å². The zero-order valence-electron chi connectivity index (χ0n) is 10.2. The van der Waals surface area contributed by atoms with Crippen molar-refractivity contribution < 1.29 is 5.11 Å². The topological polar surface area (TPSA) is 33.1 Å². The summed E-state index contributed by atoms with van der Waals surface area (Å²) in [7, 11) is 0. The number of nitrogens with zero attached hydrogens (tertiary/aromatic N) is 1. The number of benzene rings is 1. The monoisotopic (exact) mass is 215 g/mol. The van der Waals surface area contributed by atoms with Crippen LogP contribution < -0.4 is 0 Å². The Bertz CT molecular complexity index is 538. The molecule has 0 fully saturated rings. The van der Waals surface area contributed by atoms with E-state index in [2.05, 4.69) is 30.1 Å². The molecule has 16 heavy (non-hydrogen) atoms. The normalized spacial score (nSPS) is 12.1. The van der Waals surface area contributed by atoms with Crippen molar-refractivity contribution in [2.45, 2.75) is 33.3 Å². The first-order valence-corrected chi connectivity index (χ1v) is 5.49. The van der Waals surface area contributed by atoms with Crippen molar-refractivity contribution in [3.8, 4) is 0 Å². The maximum Gasteiger partial charge on any atom is 0.101 e. The Balaban J connectivity index is 2.75. The van der Waals surface area contributed by atoms with Crippen molar-refractivity contribution in [1.82, 2.24) is 4.98 Å². The first-order chi connectivity index (χ1) is 7.38. The molecule has 1 aromatic heterocycles. The molecule has 0 atom stereocenters.